The van der Waals surface area contributed by atoms with Gasteiger partial charge in [-0.25, -0.2) is 4.39 Å². The molecule has 1 aliphatic carbocycles. The Morgan fingerprint density at radius 2 is 2.05 bits per heavy atom. The molecule has 2 aliphatic rings. The first-order valence-electron chi connectivity index (χ1n) is 7.51. The monoisotopic (exact) mass is 312 g/mol. The fourth-order valence-electron chi connectivity index (χ4n) is 2.91. The largest absolute Gasteiger partial charge is 0.467 e. The van der Waals surface area contributed by atoms with Crippen LogP contribution in [0.5, 0.6) is 5.75 Å². The third kappa shape index (κ3) is 3.41. The molecule has 122 valence electrons. The van der Waals surface area contributed by atoms with E-state index in [1.807, 2.05) is 6.07 Å². The van der Waals surface area contributed by atoms with Gasteiger partial charge in [0.05, 0.1) is 26.4 Å². The second-order valence-corrected chi connectivity index (χ2v) is 5.49. The smallest absolute Gasteiger partial charge is 0.189 e. The molecule has 0 saturated carbocycles. The Bertz CT molecular complexity index is 514. The first-order valence-corrected chi connectivity index (χ1v) is 7.51. The van der Waals surface area contributed by atoms with Crippen molar-refractivity contribution in [2.75, 3.05) is 40.3 Å². The van der Waals surface area contributed by atoms with Crippen molar-refractivity contribution in [3.8, 4) is 5.75 Å². The highest BCUT2D eigenvalue weighted by molar-refractivity contribution is 5.39. The molecule has 1 aromatic rings. The highest BCUT2D eigenvalue weighted by Crippen LogP contribution is 2.37. The van der Waals surface area contributed by atoms with E-state index < -0.39 is 5.79 Å². The standard InChI is InChI=1S/C16H21FO5/c1-18-4-5-19-11-20-13-8-12-2-3-16(21-6-7-22-16)10-14(12)15(17)9-13/h8-9H,2-7,10-11H2,1H3. The van der Waals surface area contributed by atoms with Crippen LogP contribution in [0.2, 0.25) is 0 Å². The van der Waals surface area contributed by atoms with Crippen molar-refractivity contribution in [1.29, 1.82) is 0 Å². The van der Waals surface area contributed by atoms with Crippen molar-refractivity contribution < 1.29 is 28.1 Å². The predicted molar refractivity (Wildman–Crippen MR) is 76.4 cm³/mol. The Balaban J connectivity index is 1.64. The van der Waals surface area contributed by atoms with E-state index in [9.17, 15) is 4.39 Å². The molecule has 0 radical (unpaired) electrons. The second-order valence-electron chi connectivity index (χ2n) is 5.49. The summed E-state index contributed by atoms with van der Waals surface area (Å²) < 4.78 is 41.2. The van der Waals surface area contributed by atoms with Gasteiger partial charge in [-0.3, -0.25) is 0 Å². The minimum absolute atomic E-state index is 0.0811. The van der Waals surface area contributed by atoms with E-state index in [1.54, 1.807) is 7.11 Å². The minimum Gasteiger partial charge on any atom is -0.467 e. The lowest BCUT2D eigenvalue weighted by atomic mass is 9.86. The maximum Gasteiger partial charge on any atom is 0.189 e. The van der Waals surface area contributed by atoms with Crippen LogP contribution >= 0.6 is 0 Å². The van der Waals surface area contributed by atoms with Gasteiger partial charge in [0.1, 0.15) is 11.6 Å². The summed E-state index contributed by atoms with van der Waals surface area (Å²) in [6, 6.07) is 3.27. The molecule has 1 spiro atoms. The highest BCUT2D eigenvalue weighted by atomic mass is 19.1. The lowest BCUT2D eigenvalue weighted by molar-refractivity contribution is -0.164. The first-order chi connectivity index (χ1) is 10.7. The lowest BCUT2D eigenvalue weighted by Crippen LogP contribution is -2.37. The van der Waals surface area contributed by atoms with Crippen molar-refractivity contribution in [3.63, 3.8) is 0 Å². The van der Waals surface area contributed by atoms with Crippen molar-refractivity contribution in [2.45, 2.75) is 25.0 Å². The van der Waals surface area contributed by atoms with Gasteiger partial charge in [-0.2, -0.15) is 0 Å². The van der Waals surface area contributed by atoms with E-state index >= 15 is 0 Å². The molecule has 1 heterocycles. The van der Waals surface area contributed by atoms with Crippen LogP contribution in [0.3, 0.4) is 0 Å². The Morgan fingerprint density at radius 1 is 1.23 bits per heavy atom. The number of aryl methyl sites for hydroxylation is 1. The van der Waals surface area contributed by atoms with Crippen LogP contribution < -0.4 is 4.74 Å². The van der Waals surface area contributed by atoms with E-state index in [0.717, 1.165) is 12.0 Å². The molecule has 0 aromatic heterocycles. The van der Waals surface area contributed by atoms with Gasteiger partial charge in [-0.15, -0.1) is 0 Å². The van der Waals surface area contributed by atoms with Gasteiger partial charge < -0.3 is 23.7 Å². The summed E-state index contributed by atoms with van der Waals surface area (Å²) in [7, 11) is 1.60. The number of ether oxygens (including phenoxy) is 5. The predicted octanol–water partition coefficient (Wildman–Crippen LogP) is 2.06. The molecule has 1 aliphatic heterocycles. The lowest BCUT2D eigenvalue weighted by Gasteiger charge is -2.33. The van der Waals surface area contributed by atoms with Crippen molar-refractivity contribution in [3.05, 3.63) is 29.1 Å². The molecule has 0 atom stereocenters. The quantitative estimate of drug-likeness (QED) is 0.594. The third-order valence-electron chi connectivity index (χ3n) is 4.04. The van der Waals surface area contributed by atoms with Gasteiger partial charge >= 0.3 is 0 Å². The zero-order chi connectivity index (χ0) is 15.4. The van der Waals surface area contributed by atoms with Crippen LogP contribution in [-0.4, -0.2) is 46.1 Å². The topological polar surface area (TPSA) is 46.2 Å². The molecule has 1 fully saturated rings. The van der Waals surface area contributed by atoms with Gasteiger partial charge in [0.2, 0.25) is 0 Å². The molecule has 0 bridgehead atoms. The molecule has 1 aromatic carbocycles. The van der Waals surface area contributed by atoms with E-state index in [0.29, 0.717) is 50.6 Å². The molecular formula is C16H21FO5. The summed E-state index contributed by atoms with van der Waals surface area (Å²) in [4.78, 5) is 0. The van der Waals surface area contributed by atoms with Crippen LogP contribution in [0.25, 0.3) is 0 Å². The number of rotatable bonds is 6. The molecule has 0 N–H and O–H groups in total. The molecule has 1 saturated heterocycles. The normalized spacial score (nSPS) is 19.4. The van der Waals surface area contributed by atoms with Gasteiger partial charge in [0, 0.05) is 26.0 Å². The average molecular weight is 312 g/mol. The summed E-state index contributed by atoms with van der Waals surface area (Å²) in [6.07, 6.45) is 1.92. The van der Waals surface area contributed by atoms with Crippen LogP contribution in [0.15, 0.2) is 12.1 Å². The summed E-state index contributed by atoms with van der Waals surface area (Å²) >= 11 is 0. The van der Waals surface area contributed by atoms with Crippen LogP contribution in [0.4, 0.5) is 4.39 Å². The maximum absolute atomic E-state index is 14.3. The fourth-order valence-corrected chi connectivity index (χ4v) is 2.91. The number of hydrogen-bond acceptors (Lipinski definition) is 5. The molecule has 0 amide bonds. The van der Waals surface area contributed by atoms with Crippen molar-refractivity contribution in [2.24, 2.45) is 0 Å². The SMILES string of the molecule is COCCOCOc1cc(F)c2c(c1)CCC1(C2)OCCO1. The number of benzene rings is 1. The van der Waals surface area contributed by atoms with Gasteiger partial charge in [0.15, 0.2) is 12.6 Å². The van der Waals surface area contributed by atoms with E-state index in [4.69, 9.17) is 23.7 Å². The number of methoxy groups -OCH3 is 1. The summed E-state index contributed by atoms with van der Waals surface area (Å²) in [5, 5.41) is 0. The zero-order valence-electron chi connectivity index (χ0n) is 12.7. The molecule has 6 heteroatoms. The molecule has 3 rings (SSSR count). The number of fused-ring (bicyclic) bond motifs is 1. The van der Waals surface area contributed by atoms with Crippen LogP contribution in [0.1, 0.15) is 17.5 Å². The first kappa shape index (κ1) is 15.7. The number of halogens is 1. The summed E-state index contributed by atoms with van der Waals surface area (Å²) in [5.74, 6) is -0.417. The third-order valence-corrected chi connectivity index (χ3v) is 4.04. The Morgan fingerprint density at radius 3 is 2.82 bits per heavy atom. The second kappa shape index (κ2) is 6.91. The van der Waals surface area contributed by atoms with Gasteiger partial charge in [-0.05, 0) is 23.6 Å². The van der Waals surface area contributed by atoms with Crippen LogP contribution in [0, 0.1) is 5.82 Å². The van der Waals surface area contributed by atoms with E-state index in [2.05, 4.69) is 0 Å². The zero-order valence-corrected chi connectivity index (χ0v) is 12.7. The number of hydrogen-bond donors (Lipinski definition) is 0. The maximum atomic E-state index is 14.3. The Kier molecular flexibility index (Phi) is 4.93. The van der Waals surface area contributed by atoms with Crippen molar-refractivity contribution >= 4 is 0 Å². The fraction of sp³-hybridized carbons (Fsp3) is 0.625. The van der Waals surface area contributed by atoms with Crippen LogP contribution in [-0.2, 0) is 31.8 Å². The minimum atomic E-state index is -0.626. The van der Waals surface area contributed by atoms with Crippen molar-refractivity contribution in [1.82, 2.24) is 0 Å². The molecular weight excluding hydrogens is 291 g/mol. The van der Waals surface area contributed by atoms with Gasteiger partial charge in [-0.1, -0.05) is 0 Å². The molecule has 22 heavy (non-hydrogen) atoms. The highest BCUT2D eigenvalue weighted by Gasteiger charge is 2.40. The van der Waals surface area contributed by atoms with Gasteiger partial charge in [0.25, 0.3) is 0 Å². The van der Waals surface area contributed by atoms with E-state index in [1.165, 1.54) is 6.07 Å². The Hall–Kier alpha value is -1.21. The summed E-state index contributed by atoms with van der Waals surface area (Å²) in [5.41, 5.74) is 1.62. The average Bonchev–Trinajstić information content (AvgIpc) is 2.96. The van der Waals surface area contributed by atoms with E-state index in [-0.39, 0.29) is 12.6 Å². The summed E-state index contributed by atoms with van der Waals surface area (Å²) in [6.45, 7) is 2.19. The molecule has 0 unspecified atom stereocenters. The Labute approximate surface area is 129 Å². The molecule has 5 nitrogen and oxygen atoms in total.